The molecular weight excluding hydrogens is 274 g/mol. The minimum atomic E-state index is -0.256. The number of carbonyl (C=O) groups excluding carboxylic acids is 1. The number of aromatic nitrogens is 1. The molecule has 2 heterocycles. The maximum Gasteiger partial charge on any atom is 0.233 e. The Balaban J connectivity index is 1.60. The number of nitrogens with zero attached hydrogens (tertiary/aromatic N) is 2. The van der Waals surface area contributed by atoms with Crippen LogP contribution in [-0.2, 0) is 10.2 Å². The molecule has 1 aromatic heterocycles. The van der Waals surface area contributed by atoms with E-state index in [1.807, 2.05) is 6.07 Å². The Morgan fingerprint density at radius 1 is 1.18 bits per heavy atom. The predicted molar refractivity (Wildman–Crippen MR) is 87.9 cm³/mol. The standard InChI is InChI=1S/C18H23N3O/c1-2-20-9-11-21(12-10-20)17(22)18(7-8-18)15-13-19-16-6-4-3-5-14(15)16/h3-6,13,19H,2,7-12H2,1H3. The van der Waals surface area contributed by atoms with E-state index in [0.717, 1.165) is 51.1 Å². The van der Waals surface area contributed by atoms with Crippen molar-refractivity contribution in [1.82, 2.24) is 14.8 Å². The number of piperazine rings is 1. The third-order valence-electron chi connectivity index (χ3n) is 5.37. The normalized spacial score (nSPS) is 21.2. The van der Waals surface area contributed by atoms with Gasteiger partial charge in [-0.25, -0.2) is 0 Å². The molecule has 1 aliphatic heterocycles. The van der Waals surface area contributed by atoms with Gasteiger partial charge < -0.3 is 14.8 Å². The summed E-state index contributed by atoms with van der Waals surface area (Å²) in [4.78, 5) is 20.9. The topological polar surface area (TPSA) is 39.3 Å². The third kappa shape index (κ3) is 2.05. The van der Waals surface area contributed by atoms with Gasteiger partial charge in [0, 0.05) is 43.3 Å². The van der Waals surface area contributed by atoms with Gasteiger partial charge in [-0.15, -0.1) is 0 Å². The number of benzene rings is 1. The maximum absolute atomic E-state index is 13.1. The number of aromatic amines is 1. The highest BCUT2D eigenvalue weighted by molar-refractivity contribution is 5.97. The Morgan fingerprint density at radius 2 is 1.91 bits per heavy atom. The average Bonchev–Trinajstić information content (AvgIpc) is 3.27. The summed E-state index contributed by atoms with van der Waals surface area (Å²) in [6, 6.07) is 8.30. The summed E-state index contributed by atoms with van der Waals surface area (Å²) in [6.45, 7) is 7.02. The molecule has 2 aromatic rings. The minimum Gasteiger partial charge on any atom is -0.361 e. The van der Waals surface area contributed by atoms with E-state index < -0.39 is 0 Å². The fourth-order valence-corrected chi connectivity index (χ4v) is 3.76. The van der Waals surface area contributed by atoms with Crippen molar-refractivity contribution in [2.24, 2.45) is 0 Å². The zero-order valence-electron chi connectivity index (χ0n) is 13.1. The lowest BCUT2D eigenvalue weighted by Gasteiger charge is -2.36. The molecule has 2 aliphatic rings. The SMILES string of the molecule is CCN1CCN(C(=O)C2(c3c[nH]c4ccccc34)CC2)CC1. The summed E-state index contributed by atoms with van der Waals surface area (Å²) in [5.41, 5.74) is 2.08. The Hall–Kier alpha value is -1.81. The van der Waals surface area contributed by atoms with Crippen LogP contribution in [0.3, 0.4) is 0 Å². The molecule has 4 heteroatoms. The second-order valence-corrected chi connectivity index (χ2v) is 6.56. The second kappa shape index (κ2) is 5.13. The molecule has 1 aliphatic carbocycles. The van der Waals surface area contributed by atoms with Crippen molar-refractivity contribution in [3.05, 3.63) is 36.0 Å². The molecule has 1 saturated carbocycles. The quantitative estimate of drug-likeness (QED) is 0.944. The van der Waals surface area contributed by atoms with Crippen molar-refractivity contribution in [1.29, 1.82) is 0 Å². The van der Waals surface area contributed by atoms with Gasteiger partial charge in [-0.1, -0.05) is 25.1 Å². The monoisotopic (exact) mass is 297 g/mol. The highest BCUT2D eigenvalue weighted by Crippen LogP contribution is 2.51. The Bertz CT molecular complexity index is 693. The van der Waals surface area contributed by atoms with Gasteiger partial charge in [-0.05, 0) is 31.0 Å². The van der Waals surface area contributed by atoms with E-state index in [9.17, 15) is 4.79 Å². The summed E-state index contributed by atoms with van der Waals surface area (Å²) in [6.07, 6.45) is 4.03. The Labute approximate surface area is 131 Å². The number of fused-ring (bicyclic) bond motifs is 1. The number of nitrogens with one attached hydrogen (secondary N) is 1. The fraction of sp³-hybridized carbons (Fsp3) is 0.500. The van der Waals surface area contributed by atoms with Crippen molar-refractivity contribution < 1.29 is 4.79 Å². The summed E-state index contributed by atoms with van der Waals surface area (Å²) in [5, 5.41) is 1.21. The van der Waals surface area contributed by atoms with Gasteiger partial charge in [0.15, 0.2) is 0 Å². The second-order valence-electron chi connectivity index (χ2n) is 6.56. The van der Waals surface area contributed by atoms with Crippen LogP contribution in [0.15, 0.2) is 30.5 Å². The molecule has 22 heavy (non-hydrogen) atoms. The Kier molecular flexibility index (Phi) is 3.22. The number of likely N-dealkylation sites (N-methyl/N-ethyl adjacent to an activating group) is 1. The highest BCUT2D eigenvalue weighted by atomic mass is 16.2. The molecule has 116 valence electrons. The molecule has 4 rings (SSSR count). The van der Waals surface area contributed by atoms with Crippen LogP contribution in [0.4, 0.5) is 0 Å². The number of hydrogen-bond donors (Lipinski definition) is 1. The first kappa shape index (κ1) is 13.8. The molecule has 1 N–H and O–H groups in total. The highest BCUT2D eigenvalue weighted by Gasteiger charge is 2.54. The van der Waals surface area contributed by atoms with Crippen LogP contribution in [0.25, 0.3) is 10.9 Å². The summed E-state index contributed by atoms with van der Waals surface area (Å²) in [7, 11) is 0. The largest absolute Gasteiger partial charge is 0.361 e. The minimum absolute atomic E-state index is 0.256. The van der Waals surface area contributed by atoms with Crippen molar-refractivity contribution in [2.75, 3.05) is 32.7 Å². The van der Waals surface area contributed by atoms with E-state index in [1.165, 1.54) is 10.9 Å². The van der Waals surface area contributed by atoms with Crippen LogP contribution in [0.1, 0.15) is 25.3 Å². The molecular formula is C18H23N3O. The molecule has 0 unspecified atom stereocenters. The number of H-pyrrole nitrogens is 1. The first-order valence-corrected chi connectivity index (χ1v) is 8.33. The lowest BCUT2D eigenvalue weighted by atomic mass is 9.93. The van der Waals surface area contributed by atoms with Crippen LogP contribution in [-0.4, -0.2) is 53.4 Å². The van der Waals surface area contributed by atoms with Gasteiger partial charge in [0.1, 0.15) is 0 Å². The molecule has 2 fully saturated rings. The average molecular weight is 297 g/mol. The number of hydrogen-bond acceptors (Lipinski definition) is 2. The van der Waals surface area contributed by atoms with Gasteiger partial charge in [0.2, 0.25) is 5.91 Å². The molecule has 1 amide bonds. The van der Waals surface area contributed by atoms with Crippen molar-refractivity contribution >= 4 is 16.8 Å². The molecule has 0 radical (unpaired) electrons. The van der Waals surface area contributed by atoms with Crippen LogP contribution >= 0.6 is 0 Å². The first-order valence-electron chi connectivity index (χ1n) is 8.33. The number of rotatable bonds is 3. The maximum atomic E-state index is 13.1. The van der Waals surface area contributed by atoms with E-state index in [0.29, 0.717) is 5.91 Å². The van der Waals surface area contributed by atoms with Crippen molar-refractivity contribution in [3.63, 3.8) is 0 Å². The zero-order valence-corrected chi connectivity index (χ0v) is 13.1. The number of amides is 1. The molecule has 0 atom stereocenters. The van der Waals surface area contributed by atoms with Crippen LogP contribution < -0.4 is 0 Å². The zero-order chi connectivity index (χ0) is 15.2. The van der Waals surface area contributed by atoms with E-state index in [2.05, 4.69) is 46.1 Å². The predicted octanol–water partition coefficient (Wildman–Crippen LogP) is 2.36. The van der Waals surface area contributed by atoms with E-state index in [1.54, 1.807) is 0 Å². The van der Waals surface area contributed by atoms with Gasteiger partial charge in [0.25, 0.3) is 0 Å². The van der Waals surface area contributed by atoms with Gasteiger partial charge >= 0.3 is 0 Å². The molecule has 0 spiro atoms. The summed E-state index contributed by atoms with van der Waals surface area (Å²) < 4.78 is 0. The Morgan fingerprint density at radius 3 is 2.59 bits per heavy atom. The first-order chi connectivity index (χ1) is 10.7. The molecule has 4 nitrogen and oxygen atoms in total. The lowest BCUT2D eigenvalue weighted by Crippen LogP contribution is -2.51. The molecule has 1 aromatic carbocycles. The smallest absolute Gasteiger partial charge is 0.233 e. The van der Waals surface area contributed by atoms with Crippen LogP contribution in [0, 0.1) is 0 Å². The van der Waals surface area contributed by atoms with Crippen molar-refractivity contribution in [2.45, 2.75) is 25.2 Å². The molecule has 0 bridgehead atoms. The van der Waals surface area contributed by atoms with Crippen LogP contribution in [0.2, 0.25) is 0 Å². The van der Waals surface area contributed by atoms with E-state index >= 15 is 0 Å². The third-order valence-corrected chi connectivity index (χ3v) is 5.37. The fourth-order valence-electron chi connectivity index (χ4n) is 3.76. The molecule has 1 saturated heterocycles. The van der Waals surface area contributed by atoms with E-state index in [4.69, 9.17) is 0 Å². The number of para-hydroxylation sites is 1. The van der Waals surface area contributed by atoms with Crippen LogP contribution in [0.5, 0.6) is 0 Å². The summed E-state index contributed by atoms with van der Waals surface area (Å²) in [5.74, 6) is 0.341. The lowest BCUT2D eigenvalue weighted by molar-refractivity contribution is -0.135. The van der Waals surface area contributed by atoms with Gasteiger partial charge in [-0.3, -0.25) is 4.79 Å². The van der Waals surface area contributed by atoms with Gasteiger partial charge in [-0.2, -0.15) is 0 Å². The van der Waals surface area contributed by atoms with Crippen molar-refractivity contribution in [3.8, 4) is 0 Å². The summed E-state index contributed by atoms with van der Waals surface area (Å²) >= 11 is 0. The van der Waals surface area contributed by atoms with Gasteiger partial charge in [0.05, 0.1) is 5.41 Å². The number of carbonyl (C=O) groups is 1. The van der Waals surface area contributed by atoms with E-state index in [-0.39, 0.29) is 5.41 Å².